The molecule has 0 radical (unpaired) electrons. The number of anilines is 1. The zero-order chi connectivity index (χ0) is 27.0. The lowest BCUT2D eigenvalue weighted by Crippen LogP contribution is -2.44. The van der Waals surface area contributed by atoms with Crippen molar-refractivity contribution >= 4 is 16.7 Å². The third kappa shape index (κ3) is 4.95. The van der Waals surface area contributed by atoms with Crippen molar-refractivity contribution in [1.82, 2.24) is 19.7 Å². The van der Waals surface area contributed by atoms with Crippen molar-refractivity contribution in [2.75, 3.05) is 31.3 Å². The number of fused-ring (bicyclic) bond motifs is 1. The van der Waals surface area contributed by atoms with Gasteiger partial charge in [0.2, 0.25) is 0 Å². The van der Waals surface area contributed by atoms with Gasteiger partial charge in [0.15, 0.2) is 6.23 Å². The topological polar surface area (TPSA) is 85.5 Å². The number of morpholine rings is 1. The first-order valence-corrected chi connectivity index (χ1v) is 13.7. The van der Waals surface area contributed by atoms with Crippen molar-refractivity contribution in [1.29, 1.82) is 0 Å². The molecule has 8 heteroatoms. The molecule has 6 rings (SSSR count). The first kappa shape index (κ1) is 25.7. The summed E-state index contributed by atoms with van der Waals surface area (Å²) in [6, 6.07) is 14.3. The normalized spacial score (nSPS) is 20.3. The molecule has 1 aromatic carbocycles. The van der Waals surface area contributed by atoms with E-state index in [0.717, 1.165) is 70.7 Å². The van der Waals surface area contributed by atoms with Crippen molar-refractivity contribution in [3.63, 3.8) is 0 Å². The molecule has 202 valence electrons. The Morgan fingerprint density at radius 2 is 2.00 bits per heavy atom. The van der Waals surface area contributed by atoms with Gasteiger partial charge in [-0.15, -0.1) is 6.58 Å². The van der Waals surface area contributed by atoms with Crippen molar-refractivity contribution in [3.8, 4) is 22.5 Å². The van der Waals surface area contributed by atoms with E-state index in [2.05, 4.69) is 34.8 Å². The van der Waals surface area contributed by atoms with Gasteiger partial charge in [-0.2, -0.15) is 5.10 Å². The van der Waals surface area contributed by atoms with Crippen LogP contribution in [0.1, 0.15) is 44.9 Å². The van der Waals surface area contributed by atoms with Crippen LogP contribution in [0.25, 0.3) is 33.4 Å². The van der Waals surface area contributed by atoms with E-state index < -0.39 is 5.60 Å². The second-order valence-corrected chi connectivity index (χ2v) is 10.8. The number of rotatable bonds is 6. The number of hydrogen-bond donors (Lipinski definition) is 1. The van der Waals surface area contributed by atoms with E-state index in [-0.39, 0.29) is 12.3 Å². The minimum Gasteiger partial charge on any atom is -0.386 e. The van der Waals surface area contributed by atoms with Gasteiger partial charge in [0.05, 0.1) is 30.6 Å². The number of aromatic nitrogens is 4. The quantitative estimate of drug-likeness (QED) is 0.334. The fourth-order valence-electron chi connectivity index (χ4n) is 5.53. The van der Waals surface area contributed by atoms with Gasteiger partial charge in [0, 0.05) is 30.9 Å². The Morgan fingerprint density at radius 3 is 2.79 bits per heavy atom. The predicted molar refractivity (Wildman–Crippen MR) is 152 cm³/mol. The molecule has 2 saturated heterocycles. The number of ether oxygens (including phenoxy) is 2. The SMILES string of the molecule is C=C[C@@H]1COCCN1c1cc(-c2cccc(C(C)(C)O)c2)c2ccnc(-c3ccnn3C3CCCCO3)c2n1. The number of pyridine rings is 2. The lowest BCUT2D eigenvalue weighted by Gasteiger charge is -2.35. The summed E-state index contributed by atoms with van der Waals surface area (Å²) in [5, 5.41) is 16.4. The van der Waals surface area contributed by atoms with Gasteiger partial charge in [0.25, 0.3) is 0 Å². The fraction of sp³-hybridized carbons (Fsp3) is 0.387. The molecule has 1 unspecified atom stereocenters. The molecule has 1 N–H and O–H groups in total. The lowest BCUT2D eigenvalue weighted by molar-refractivity contribution is -0.0383. The maximum absolute atomic E-state index is 10.7. The minimum absolute atomic E-state index is 0.0144. The maximum atomic E-state index is 10.7. The Labute approximate surface area is 228 Å². The summed E-state index contributed by atoms with van der Waals surface area (Å²) < 4.78 is 13.8. The molecule has 2 aliphatic heterocycles. The molecule has 8 nitrogen and oxygen atoms in total. The Hall–Kier alpha value is -3.59. The largest absolute Gasteiger partial charge is 0.386 e. The number of aliphatic hydroxyl groups is 1. The zero-order valence-corrected chi connectivity index (χ0v) is 22.6. The molecule has 3 aromatic heterocycles. The summed E-state index contributed by atoms with van der Waals surface area (Å²) >= 11 is 0. The first-order valence-electron chi connectivity index (χ1n) is 13.7. The average Bonchev–Trinajstić information content (AvgIpc) is 3.46. The van der Waals surface area contributed by atoms with E-state index in [1.54, 1.807) is 20.0 Å². The molecule has 39 heavy (non-hydrogen) atoms. The summed E-state index contributed by atoms with van der Waals surface area (Å²) in [7, 11) is 0. The summed E-state index contributed by atoms with van der Waals surface area (Å²) in [5.41, 5.74) is 4.38. The van der Waals surface area contributed by atoms with Crippen LogP contribution in [0.2, 0.25) is 0 Å². The molecule has 4 aromatic rings. The second-order valence-electron chi connectivity index (χ2n) is 10.8. The molecule has 5 heterocycles. The van der Waals surface area contributed by atoms with E-state index in [0.29, 0.717) is 19.8 Å². The highest BCUT2D eigenvalue weighted by Gasteiger charge is 2.26. The van der Waals surface area contributed by atoms with Crippen LogP contribution in [0.5, 0.6) is 0 Å². The van der Waals surface area contributed by atoms with Crippen LogP contribution >= 0.6 is 0 Å². The molecule has 0 saturated carbocycles. The summed E-state index contributed by atoms with van der Waals surface area (Å²) in [6.45, 7) is 10.3. The van der Waals surface area contributed by atoms with E-state index in [9.17, 15) is 5.11 Å². The van der Waals surface area contributed by atoms with Gasteiger partial charge >= 0.3 is 0 Å². The highest BCUT2D eigenvalue weighted by atomic mass is 16.5. The predicted octanol–water partition coefficient (Wildman–Crippen LogP) is 5.48. The summed E-state index contributed by atoms with van der Waals surface area (Å²) in [4.78, 5) is 12.3. The first-order chi connectivity index (χ1) is 18.9. The van der Waals surface area contributed by atoms with Gasteiger partial charge in [-0.05, 0) is 74.1 Å². The van der Waals surface area contributed by atoms with Crippen molar-refractivity contribution in [3.05, 3.63) is 73.1 Å². The number of benzene rings is 1. The third-order valence-corrected chi connectivity index (χ3v) is 7.67. The van der Waals surface area contributed by atoms with Crippen molar-refractivity contribution < 1.29 is 14.6 Å². The van der Waals surface area contributed by atoms with Gasteiger partial charge in [-0.3, -0.25) is 4.98 Å². The Bertz CT molecular complexity index is 1490. The average molecular weight is 526 g/mol. The molecular formula is C31H35N5O3. The standard InChI is InChI=1S/C31H35N5O3/c1-4-23-20-38-17-15-35(23)27-19-25(21-8-7-9-22(18-21)31(2,3)37)24-11-13-32-30(29(24)34-27)26-12-14-33-36(26)28-10-5-6-16-39-28/h4,7-9,11-14,18-19,23,28,37H,1,5-6,10,15-17,20H2,2-3H3/t23-,28?/m1/s1. The highest BCUT2D eigenvalue weighted by Crippen LogP contribution is 2.38. The van der Waals surface area contributed by atoms with E-state index in [1.165, 1.54) is 0 Å². The minimum atomic E-state index is -0.959. The van der Waals surface area contributed by atoms with Crippen molar-refractivity contribution in [2.45, 2.75) is 51.0 Å². The molecule has 0 bridgehead atoms. The number of nitrogens with zero attached hydrogens (tertiary/aromatic N) is 5. The van der Waals surface area contributed by atoms with Gasteiger partial charge in [0.1, 0.15) is 17.0 Å². The third-order valence-electron chi connectivity index (χ3n) is 7.67. The van der Waals surface area contributed by atoms with Crippen LogP contribution in [-0.4, -0.2) is 57.3 Å². The Balaban J connectivity index is 1.58. The van der Waals surface area contributed by atoms with Crippen LogP contribution < -0.4 is 4.90 Å². The molecule has 0 aliphatic carbocycles. The van der Waals surface area contributed by atoms with E-state index in [1.807, 2.05) is 41.2 Å². The fourth-order valence-corrected chi connectivity index (χ4v) is 5.53. The zero-order valence-electron chi connectivity index (χ0n) is 22.6. The second kappa shape index (κ2) is 10.5. The van der Waals surface area contributed by atoms with Crippen LogP contribution in [0.15, 0.2) is 67.5 Å². The molecule has 2 atom stereocenters. The van der Waals surface area contributed by atoms with Crippen LogP contribution in [0.3, 0.4) is 0 Å². The monoisotopic (exact) mass is 525 g/mol. The smallest absolute Gasteiger partial charge is 0.150 e. The summed E-state index contributed by atoms with van der Waals surface area (Å²) in [5.74, 6) is 0.841. The van der Waals surface area contributed by atoms with Crippen LogP contribution in [-0.2, 0) is 15.1 Å². The van der Waals surface area contributed by atoms with Crippen LogP contribution in [0, 0.1) is 0 Å². The van der Waals surface area contributed by atoms with E-state index >= 15 is 0 Å². The van der Waals surface area contributed by atoms with Gasteiger partial charge in [-0.1, -0.05) is 24.3 Å². The number of hydrogen-bond acceptors (Lipinski definition) is 7. The van der Waals surface area contributed by atoms with Crippen molar-refractivity contribution in [2.24, 2.45) is 0 Å². The van der Waals surface area contributed by atoms with Gasteiger partial charge < -0.3 is 19.5 Å². The molecule has 0 amide bonds. The lowest BCUT2D eigenvalue weighted by atomic mass is 9.93. The molecule has 2 aliphatic rings. The van der Waals surface area contributed by atoms with Gasteiger partial charge in [-0.25, -0.2) is 9.67 Å². The highest BCUT2D eigenvalue weighted by molar-refractivity contribution is 6.01. The molecule has 2 fully saturated rings. The molecule has 0 spiro atoms. The Kier molecular flexibility index (Phi) is 6.93. The van der Waals surface area contributed by atoms with Crippen LogP contribution in [0.4, 0.5) is 5.82 Å². The maximum Gasteiger partial charge on any atom is 0.150 e. The van der Waals surface area contributed by atoms with E-state index in [4.69, 9.17) is 19.4 Å². The Morgan fingerprint density at radius 1 is 1.10 bits per heavy atom. The molecular weight excluding hydrogens is 490 g/mol. The summed E-state index contributed by atoms with van der Waals surface area (Å²) in [6.07, 6.45) is 8.54.